The third-order valence-electron chi connectivity index (χ3n) is 9.71. The molecule has 0 aliphatic rings. The van der Waals surface area contributed by atoms with Gasteiger partial charge in [0.25, 0.3) is 0 Å². The third kappa shape index (κ3) is 5.08. The molecule has 0 saturated heterocycles. The average Bonchev–Trinajstić information content (AvgIpc) is 3.81. The Morgan fingerprint density at radius 2 is 1.02 bits per heavy atom. The summed E-state index contributed by atoms with van der Waals surface area (Å²) in [7, 11) is 0. The number of hydrogen-bond acceptors (Lipinski definition) is 4. The van der Waals surface area contributed by atoms with Gasteiger partial charge in [0.15, 0.2) is 0 Å². The van der Waals surface area contributed by atoms with Gasteiger partial charge in [-0.2, -0.15) is 0 Å². The summed E-state index contributed by atoms with van der Waals surface area (Å²) in [5, 5.41) is 5.64. The van der Waals surface area contributed by atoms with E-state index in [9.17, 15) is 0 Å². The fourth-order valence-corrected chi connectivity index (χ4v) is 8.33. The topological polar surface area (TPSA) is 29.3 Å². The van der Waals surface area contributed by atoms with Gasteiger partial charge < -0.3 is 9.32 Å². The number of para-hydroxylation sites is 3. The maximum atomic E-state index is 6.62. The van der Waals surface area contributed by atoms with Crippen LogP contribution in [0.25, 0.3) is 75.8 Å². The normalized spacial score (nSPS) is 11.5. The molecule has 0 N–H and O–H groups in total. The van der Waals surface area contributed by atoms with Crippen LogP contribution in [0.5, 0.6) is 0 Å². The summed E-state index contributed by atoms with van der Waals surface area (Å²) < 4.78 is 7.80. The van der Waals surface area contributed by atoms with Crippen LogP contribution < -0.4 is 4.90 Å². The van der Waals surface area contributed by atoms with E-state index in [0.29, 0.717) is 0 Å². The Morgan fingerprint density at radius 3 is 1.73 bits per heavy atom. The fraction of sp³-hybridized carbons (Fsp3) is 0. The smallest absolute Gasteiger partial charge is 0.136 e. The standard InChI is InChI=1S/C47H30N2OS/c1-3-12-34(13-4-1)49(35-14-5-2-6-15-35)36-28-26-32(27-29-36)31-22-24-33(25-23-31)37-18-11-20-42-45(37)46-39-17-8-7-16-38(39)40(30-43(46)50-42)47-48-41-19-9-10-21-44(41)51-47/h1-30H. The molecule has 0 unspecified atom stereocenters. The Morgan fingerprint density at radius 1 is 0.431 bits per heavy atom. The SMILES string of the molecule is c1ccc(N(c2ccccc2)c2ccc(-c3ccc(-c4cccc5oc6cc(-c7nc8ccccc8s7)c7ccccc7c6c45)cc3)cc2)cc1. The average molecular weight is 671 g/mol. The van der Waals surface area contributed by atoms with E-state index in [2.05, 4.69) is 181 Å². The van der Waals surface area contributed by atoms with E-state index < -0.39 is 0 Å². The van der Waals surface area contributed by atoms with Gasteiger partial charge in [0.1, 0.15) is 16.2 Å². The molecule has 0 radical (unpaired) electrons. The molecule has 0 aliphatic carbocycles. The molecule has 0 amide bonds. The minimum Gasteiger partial charge on any atom is -0.456 e. The van der Waals surface area contributed by atoms with Gasteiger partial charge in [-0.05, 0) is 93.7 Å². The molecule has 8 aromatic carbocycles. The summed E-state index contributed by atoms with van der Waals surface area (Å²) in [6.07, 6.45) is 0. The first-order chi connectivity index (χ1) is 25.3. The van der Waals surface area contributed by atoms with Crippen molar-refractivity contribution in [3.8, 4) is 32.8 Å². The van der Waals surface area contributed by atoms with Crippen molar-refractivity contribution in [3.05, 3.63) is 182 Å². The Kier molecular flexibility index (Phi) is 7.00. The van der Waals surface area contributed by atoms with Crippen LogP contribution in [-0.4, -0.2) is 4.98 Å². The van der Waals surface area contributed by atoms with Crippen LogP contribution in [0.3, 0.4) is 0 Å². The first-order valence-electron chi connectivity index (χ1n) is 17.1. The Bertz CT molecular complexity index is 2760. The van der Waals surface area contributed by atoms with Gasteiger partial charge in [0, 0.05) is 33.4 Å². The number of furan rings is 1. The van der Waals surface area contributed by atoms with Crippen LogP contribution in [-0.2, 0) is 0 Å². The predicted octanol–water partition coefficient (Wildman–Crippen LogP) is 13.8. The van der Waals surface area contributed by atoms with Crippen molar-refractivity contribution in [1.29, 1.82) is 0 Å². The lowest BCUT2D eigenvalue weighted by Gasteiger charge is -2.25. The summed E-state index contributed by atoms with van der Waals surface area (Å²) in [6, 6.07) is 64.3. The van der Waals surface area contributed by atoms with Crippen LogP contribution in [0.15, 0.2) is 186 Å². The molecule has 10 rings (SSSR count). The fourth-order valence-electron chi connectivity index (χ4n) is 7.33. The van der Waals surface area contributed by atoms with E-state index in [0.717, 1.165) is 66.2 Å². The summed E-state index contributed by atoms with van der Waals surface area (Å²) in [4.78, 5) is 7.29. The molecule has 51 heavy (non-hydrogen) atoms. The number of benzene rings is 8. The zero-order valence-corrected chi connectivity index (χ0v) is 28.3. The van der Waals surface area contributed by atoms with Gasteiger partial charge >= 0.3 is 0 Å². The second-order valence-corrected chi connectivity index (χ2v) is 13.8. The lowest BCUT2D eigenvalue weighted by Crippen LogP contribution is -2.09. The summed E-state index contributed by atoms with van der Waals surface area (Å²) in [5.41, 5.74) is 11.9. The number of rotatable bonds is 6. The van der Waals surface area contributed by atoms with Crippen molar-refractivity contribution in [2.24, 2.45) is 0 Å². The number of anilines is 3. The molecule has 10 aromatic rings. The monoisotopic (exact) mass is 670 g/mol. The summed E-state index contributed by atoms with van der Waals surface area (Å²) in [6.45, 7) is 0. The van der Waals surface area contributed by atoms with Crippen molar-refractivity contribution in [2.75, 3.05) is 4.90 Å². The zero-order valence-electron chi connectivity index (χ0n) is 27.5. The quantitative estimate of drug-likeness (QED) is 0.176. The Balaban J connectivity index is 1.04. The molecule has 0 saturated carbocycles. The zero-order chi connectivity index (χ0) is 33.7. The lowest BCUT2D eigenvalue weighted by molar-refractivity contribution is 0.669. The Labute approximate surface area is 299 Å². The first kappa shape index (κ1) is 29.4. The van der Waals surface area contributed by atoms with E-state index in [1.807, 2.05) is 6.07 Å². The Hall–Kier alpha value is -6.49. The van der Waals surface area contributed by atoms with Crippen molar-refractivity contribution in [3.63, 3.8) is 0 Å². The van der Waals surface area contributed by atoms with E-state index in [4.69, 9.17) is 9.40 Å². The molecule has 3 nitrogen and oxygen atoms in total. The van der Waals surface area contributed by atoms with E-state index >= 15 is 0 Å². The van der Waals surface area contributed by atoms with E-state index in [1.54, 1.807) is 11.3 Å². The minimum atomic E-state index is 0.877. The van der Waals surface area contributed by atoms with Crippen LogP contribution in [0.4, 0.5) is 17.1 Å². The van der Waals surface area contributed by atoms with Crippen LogP contribution >= 0.6 is 11.3 Å². The van der Waals surface area contributed by atoms with Crippen LogP contribution in [0.2, 0.25) is 0 Å². The third-order valence-corrected chi connectivity index (χ3v) is 10.8. The van der Waals surface area contributed by atoms with E-state index in [-0.39, 0.29) is 0 Å². The molecule has 0 atom stereocenters. The second-order valence-electron chi connectivity index (χ2n) is 12.7. The molecule has 0 fully saturated rings. The largest absolute Gasteiger partial charge is 0.456 e. The number of aromatic nitrogens is 1. The minimum absolute atomic E-state index is 0.877. The predicted molar refractivity (Wildman–Crippen MR) is 215 cm³/mol. The van der Waals surface area contributed by atoms with Crippen molar-refractivity contribution in [1.82, 2.24) is 4.98 Å². The van der Waals surface area contributed by atoms with Crippen molar-refractivity contribution < 1.29 is 4.42 Å². The van der Waals surface area contributed by atoms with Crippen molar-refractivity contribution >= 4 is 71.3 Å². The van der Waals surface area contributed by atoms with Crippen LogP contribution in [0, 0.1) is 0 Å². The second kappa shape index (κ2) is 12.1. The lowest BCUT2D eigenvalue weighted by atomic mass is 9.94. The molecular weight excluding hydrogens is 641 g/mol. The van der Waals surface area contributed by atoms with Crippen LogP contribution in [0.1, 0.15) is 0 Å². The summed E-state index contributed by atoms with van der Waals surface area (Å²) in [5.74, 6) is 0. The van der Waals surface area contributed by atoms with Crippen molar-refractivity contribution in [2.45, 2.75) is 0 Å². The molecule has 0 aliphatic heterocycles. The molecule has 0 spiro atoms. The van der Waals surface area contributed by atoms with Gasteiger partial charge in [-0.1, -0.05) is 121 Å². The van der Waals surface area contributed by atoms with Gasteiger partial charge in [0.05, 0.1) is 10.2 Å². The number of hydrogen-bond donors (Lipinski definition) is 0. The highest BCUT2D eigenvalue weighted by Crippen LogP contribution is 2.45. The summed E-state index contributed by atoms with van der Waals surface area (Å²) >= 11 is 1.72. The highest BCUT2D eigenvalue weighted by Gasteiger charge is 2.19. The van der Waals surface area contributed by atoms with Gasteiger partial charge in [-0.15, -0.1) is 11.3 Å². The first-order valence-corrected chi connectivity index (χ1v) is 17.9. The molecule has 2 heterocycles. The van der Waals surface area contributed by atoms with Gasteiger partial charge in [-0.25, -0.2) is 4.98 Å². The molecule has 240 valence electrons. The number of nitrogens with zero attached hydrogens (tertiary/aromatic N) is 2. The number of thiazole rings is 1. The van der Waals surface area contributed by atoms with Gasteiger partial charge in [-0.3, -0.25) is 0 Å². The molecule has 0 bridgehead atoms. The highest BCUT2D eigenvalue weighted by molar-refractivity contribution is 7.21. The molecule has 2 aromatic heterocycles. The maximum Gasteiger partial charge on any atom is 0.136 e. The highest BCUT2D eigenvalue weighted by atomic mass is 32.1. The number of fused-ring (bicyclic) bond motifs is 6. The maximum absolute atomic E-state index is 6.62. The molecular formula is C47H30N2OS. The van der Waals surface area contributed by atoms with E-state index in [1.165, 1.54) is 26.6 Å². The molecule has 4 heteroatoms. The van der Waals surface area contributed by atoms with Gasteiger partial charge in [0.2, 0.25) is 0 Å².